The van der Waals surface area contributed by atoms with Gasteiger partial charge in [0.2, 0.25) is 0 Å². The number of allylic oxidation sites excluding steroid dienone is 1. The van der Waals surface area contributed by atoms with Crippen molar-refractivity contribution in [1.82, 2.24) is 0 Å². The third-order valence-corrected chi connectivity index (χ3v) is 5.83. The van der Waals surface area contributed by atoms with Gasteiger partial charge in [0.1, 0.15) is 0 Å². The van der Waals surface area contributed by atoms with Gasteiger partial charge in [-0.1, -0.05) is 24.3 Å². The lowest BCUT2D eigenvalue weighted by Gasteiger charge is -2.45. The molecule has 4 heteroatoms. The molecule has 0 spiro atoms. The van der Waals surface area contributed by atoms with E-state index < -0.39 is 0 Å². The van der Waals surface area contributed by atoms with Crippen molar-refractivity contribution in [2.45, 2.75) is 32.9 Å². The first-order valence-electron chi connectivity index (χ1n) is 9.30. The zero-order valence-corrected chi connectivity index (χ0v) is 17.0. The first-order valence-corrected chi connectivity index (χ1v) is 9.30. The molecule has 1 aliphatic heterocycles. The smallest absolute Gasteiger partial charge is 0.337 e. The minimum absolute atomic E-state index is 0.313. The number of nitrogens with zero attached hydrogens (tertiary/aromatic N) is 2. The van der Waals surface area contributed by atoms with Crippen LogP contribution in [0.3, 0.4) is 0 Å². The van der Waals surface area contributed by atoms with Crippen molar-refractivity contribution in [1.29, 1.82) is 0 Å². The van der Waals surface area contributed by atoms with E-state index in [1.54, 1.807) is 12.1 Å². The van der Waals surface area contributed by atoms with Crippen molar-refractivity contribution >= 4 is 29.0 Å². The Morgan fingerprint density at radius 1 is 0.926 bits per heavy atom. The zero-order valence-electron chi connectivity index (χ0n) is 17.0. The predicted octanol–water partition coefficient (Wildman–Crippen LogP) is 4.70. The summed E-state index contributed by atoms with van der Waals surface area (Å²) in [5, 5.41) is 0. The fraction of sp³-hybridized carbons (Fsp3) is 0.348. The molecule has 4 nitrogen and oxygen atoms in total. The van der Waals surface area contributed by atoms with E-state index in [4.69, 9.17) is 4.74 Å². The molecular formula is C23H28N2O2. The summed E-state index contributed by atoms with van der Waals surface area (Å²) in [5.74, 6) is -0.313. The van der Waals surface area contributed by atoms with Crippen molar-refractivity contribution < 1.29 is 9.53 Å². The second-order valence-corrected chi connectivity index (χ2v) is 7.35. The Labute approximate surface area is 162 Å². The van der Waals surface area contributed by atoms with E-state index >= 15 is 0 Å². The van der Waals surface area contributed by atoms with Gasteiger partial charge in [0.15, 0.2) is 0 Å². The predicted molar refractivity (Wildman–Crippen MR) is 113 cm³/mol. The van der Waals surface area contributed by atoms with E-state index in [-0.39, 0.29) is 5.97 Å². The van der Waals surface area contributed by atoms with Gasteiger partial charge in [-0.25, -0.2) is 4.79 Å². The SMILES string of the molecule is COC(=O)c1ccc(/C=C(\C)c2ccc3c(c2)N(C)C(C)C(C)N3C)cc1. The molecule has 2 unspecified atom stereocenters. The molecule has 0 amide bonds. The summed E-state index contributed by atoms with van der Waals surface area (Å²) in [6, 6.07) is 15.1. The van der Waals surface area contributed by atoms with E-state index in [1.165, 1.54) is 29.6 Å². The van der Waals surface area contributed by atoms with Crippen LogP contribution in [0.5, 0.6) is 0 Å². The number of benzene rings is 2. The highest BCUT2D eigenvalue weighted by Gasteiger charge is 2.29. The van der Waals surface area contributed by atoms with Crippen molar-refractivity contribution in [2.24, 2.45) is 0 Å². The van der Waals surface area contributed by atoms with Gasteiger partial charge in [-0.05, 0) is 61.7 Å². The van der Waals surface area contributed by atoms with Crippen LogP contribution in [0.15, 0.2) is 42.5 Å². The Balaban J connectivity index is 1.91. The number of hydrogen-bond acceptors (Lipinski definition) is 4. The highest BCUT2D eigenvalue weighted by atomic mass is 16.5. The largest absolute Gasteiger partial charge is 0.465 e. The van der Waals surface area contributed by atoms with Crippen LogP contribution in [0, 0.1) is 0 Å². The monoisotopic (exact) mass is 364 g/mol. The van der Waals surface area contributed by atoms with Gasteiger partial charge in [-0.3, -0.25) is 0 Å². The summed E-state index contributed by atoms with van der Waals surface area (Å²) in [6.07, 6.45) is 2.14. The van der Waals surface area contributed by atoms with Crippen LogP contribution in [-0.4, -0.2) is 39.3 Å². The molecule has 0 saturated heterocycles. The van der Waals surface area contributed by atoms with Gasteiger partial charge in [-0.2, -0.15) is 0 Å². The molecule has 0 N–H and O–H groups in total. The normalized spacial score (nSPS) is 19.7. The molecule has 2 atom stereocenters. The number of fused-ring (bicyclic) bond motifs is 1. The number of hydrogen-bond donors (Lipinski definition) is 0. The fourth-order valence-electron chi connectivity index (χ4n) is 3.60. The molecule has 27 heavy (non-hydrogen) atoms. The summed E-state index contributed by atoms with van der Waals surface area (Å²) in [4.78, 5) is 16.3. The van der Waals surface area contributed by atoms with Crippen molar-refractivity contribution in [2.75, 3.05) is 31.0 Å². The summed E-state index contributed by atoms with van der Waals surface area (Å²) in [5.41, 5.74) is 6.54. The maximum absolute atomic E-state index is 11.6. The number of ether oxygens (including phenoxy) is 1. The molecule has 0 aliphatic carbocycles. The molecule has 0 saturated carbocycles. The summed E-state index contributed by atoms with van der Waals surface area (Å²) >= 11 is 0. The highest BCUT2D eigenvalue weighted by molar-refractivity contribution is 5.90. The third-order valence-electron chi connectivity index (χ3n) is 5.83. The molecule has 2 aromatic carbocycles. The minimum Gasteiger partial charge on any atom is -0.465 e. The molecule has 1 heterocycles. The lowest BCUT2D eigenvalue weighted by molar-refractivity contribution is 0.0600. The number of carbonyl (C=O) groups is 1. The number of rotatable bonds is 3. The van der Waals surface area contributed by atoms with E-state index in [9.17, 15) is 4.79 Å². The molecule has 0 radical (unpaired) electrons. The quantitative estimate of drug-likeness (QED) is 0.584. The second-order valence-electron chi connectivity index (χ2n) is 7.35. The fourth-order valence-corrected chi connectivity index (χ4v) is 3.60. The van der Waals surface area contributed by atoms with Crippen molar-refractivity contribution in [3.05, 3.63) is 59.2 Å². The molecular weight excluding hydrogens is 336 g/mol. The minimum atomic E-state index is -0.313. The number of carbonyl (C=O) groups excluding carboxylic acids is 1. The van der Waals surface area contributed by atoms with Crippen LogP contribution in [0.25, 0.3) is 11.6 Å². The zero-order chi connectivity index (χ0) is 19.7. The first-order chi connectivity index (χ1) is 12.8. The van der Waals surface area contributed by atoms with Crippen molar-refractivity contribution in [3.8, 4) is 0 Å². The Morgan fingerprint density at radius 3 is 2.07 bits per heavy atom. The van der Waals surface area contributed by atoms with Gasteiger partial charge >= 0.3 is 5.97 Å². The van der Waals surface area contributed by atoms with Gasteiger partial charge in [0, 0.05) is 26.2 Å². The first kappa shape index (κ1) is 19.0. The van der Waals surface area contributed by atoms with Crippen LogP contribution < -0.4 is 9.80 Å². The van der Waals surface area contributed by atoms with Gasteiger partial charge in [0.05, 0.1) is 24.0 Å². The van der Waals surface area contributed by atoms with Crippen LogP contribution in [0.2, 0.25) is 0 Å². The third kappa shape index (κ3) is 3.57. The number of anilines is 2. The topological polar surface area (TPSA) is 32.8 Å². The van der Waals surface area contributed by atoms with E-state index in [1.807, 2.05) is 12.1 Å². The van der Waals surface area contributed by atoms with E-state index in [0.717, 1.165) is 5.56 Å². The lowest BCUT2D eigenvalue weighted by atomic mass is 9.97. The Bertz CT molecular complexity index is 870. The number of methoxy groups -OCH3 is 1. The molecule has 0 fully saturated rings. The van der Waals surface area contributed by atoms with Crippen LogP contribution >= 0.6 is 0 Å². The summed E-state index contributed by atoms with van der Waals surface area (Å²) < 4.78 is 4.75. The Hall–Kier alpha value is -2.75. The average Bonchev–Trinajstić information content (AvgIpc) is 2.70. The van der Waals surface area contributed by atoms with Crippen LogP contribution in [0.1, 0.15) is 42.3 Å². The van der Waals surface area contributed by atoms with E-state index in [0.29, 0.717) is 17.6 Å². The lowest BCUT2D eigenvalue weighted by Crippen LogP contribution is -2.50. The van der Waals surface area contributed by atoms with Gasteiger partial charge in [0.25, 0.3) is 0 Å². The molecule has 0 aromatic heterocycles. The molecule has 142 valence electrons. The molecule has 2 aromatic rings. The van der Waals surface area contributed by atoms with Crippen molar-refractivity contribution in [3.63, 3.8) is 0 Å². The standard InChI is InChI=1S/C23H28N2O2/c1-15(13-18-7-9-19(10-8-18)23(26)27-6)20-11-12-21-22(14-20)25(5)17(3)16(2)24(21)4/h7-14,16-17H,1-6H3/b15-13+. The summed E-state index contributed by atoms with van der Waals surface area (Å²) in [7, 11) is 5.73. The second kappa shape index (κ2) is 7.47. The molecule has 0 bridgehead atoms. The van der Waals surface area contributed by atoms with Gasteiger partial charge in [-0.15, -0.1) is 0 Å². The average molecular weight is 364 g/mol. The maximum Gasteiger partial charge on any atom is 0.337 e. The molecule has 1 aliphatic rings. The van der Waals surface area contributed by atoms with E-state index in [2.05, 4.69) is 68.9 Å². The molecule has 3 rings (SSSR count). The van der Waals surface area contributed by atoms with Crippen LogP contribution in [0.4, 0.5) is 11.4 Å². The summed E-state index contributed by atoms with van der Waals surface area (Å²) in [6.45, 7) is 6.65. The number of likely N-dealkylation sites (N-methyl/N-ethyl adjacent to an activating group) is 2. The Morgan fingerprint density at radius 2 is 1.48 bits per heavy atom. The Kier molecular flexibility index (Phi) is 5.26. The maximum atomic E-state index is 11.6. The van der Waals surface area contributed by atoms with Gasteiger partial charge < -0.3 is 14.5 Å². The van der Waals surface area contributed by atoms with Crippen LogP contribution in [-0.2, 0) is 4.74 Å². The highest BCUT2D eigenvalue weighted by Crippen LogP contribution is 2.38. The number of esters is 1.